The minimum Gasteiger partial charge on any atom is -0.475 e. The van der Waals surface area contributed by atoms with Crippen LogP contribution in [0.25, 0.3) is 11.1 Å². The lowest BCUT2D eigenvalue weighted by Gasteiger charge is -2.32. The van der Waals surface area contributed by atoms with Crippen LogP contribution in [0.5, 0.6) is 0 Å². The Balaban J connectivity index is 0.000000591. The summed E-state index contributed by atoms with van der Waals surface area (Å²) in [6.07, 6.45) is -0.923. The van der Waals surface area contributed by atoms with Gasteiger partial charge in [-0.15, -0.1) is 0 Å². The Hall–Kier alpha value is -4.20. The van der Waals surface area contributed by atoms with E-state index in [-0.39, 0.29) is 11.8 Å². The van der Waals surface area contributed by atoms with Gasteiger partial charge in [-0.25, -0.2) is 18.2 Å². The van der Waals surface area contributed by atoms with E-state index in [1.165, 1.54) is 0 Å². The number of aromatic nitrogens is 2. The number of imidazole rings is 1. The molecule has 0 saturated carbocycles. The zero-order chi connectivity index (χ0) is 32.6. The van der Waals surface area contributed by atoms with Crippen LogP contribution >= 0.6 is 0 Å². The number of rotatable bonds is 9. The van der Waals surface area contributed by atoms with E-state index in [1.807, 2.05) is 61.6 Å². The van der Waals surface area contributed by atoms with Gasteiger partial charge in [0, 0.05) is 37.6 Å². The Morgan fingerprint density at radius 2 is 1.67 bits per heavy atom. The fraction of sp³-hybridized carbons (Fsp3) is 0.312. The van der Waals surface area contributed by atoms with Crippen molar-refractivity contribution in [3.05, 3.63) is 108 Å². The van der Waals surface area contributed by atoms with Gasteiger partial charge in [0.25, 0.3) is 0 Å². The molecule has 4 aromatic rings. The molecule has 0 amide bonds. The van der Waals surface area contributed by atoms with E-state index >= 15 is 0 Å². The maximum absolute atomic E-state index is 13.9. The van der Waals surface area contributed by atoms with Gasteiger partial charge in [-0.05, 0) is 54.9 Å². The number of alkyl halides is 3. The average molecular weight is 644 g/mol. The molecule has 0 spiro atoms. The van der Waals surface area contributed by atoms with Crippen LogP contribution in [0.15, 0.2) is 91.4 Å². The van der Waals surface area contributed by atoms with Crippen molar-refractivity contribution in [3.63, 3.8) is 0 Å². The van der Waals surface area contributed by atoms with E-state index in [9.17, 15) is 21.6 Å². The topological polar surface area (TPSA) is 110 Å². The van der Waals surface area contributed by atoms with Crippen LogP contribution in [0.2, 0.25) is 0 Å². The zero-order valence-electron chi connectivity index (χ0n) is 25.0. The SMILES string of the molecule is CN(C)CCS(=O)(=O)N1Cc2cc(-c3ccccc3)ccc2N(Cc2cnc[nH]2)C[C@H]1Cc1ccccc1.O=C(O)C(F)(F)F. The van der Waals surface area contributed by atoms with Crippen LogP contribution in [0.1, 0.15) is 16.8 Å². The van der Waals surface area contributed by atoms with E-state index < -0.39 is 22.2 Å². The smallest absolute Gasteiger partial charge is 0.475 e. The molecule has 9 nitrogen and oxygen atoms in total. The molecular weight excluding hydrogens is 607 g/mol. The van der Waals surface area contributed by atoms with E-state index in [4.69, 9.17) is 9.90 Å². The van der Waals surface area contributed by atoms with Gasteiger partial charge >= 0.3 is 12.1 Å². The number of benzene rings is 3. The Kier molecular flexibility index (Phi) is 11.0. The largest absolute Gasteiger partial charge is 0.490 e. The highest BCUT2D eigenvalue weighted by Gasteiger charge is 2.38. The number of fused-ring (bicyclic) bond motifs is 1. The zero-order valence-corrected chi connectivity index (χ0v) is 25.8. The minimum absolute atomic E-state index is 0.0829. The third-order valence-electron chi connectivity index (χ3n) is 7.32. The van der Waals surface area contributed by atoms with Crippen molar-refractivity contribution < 1.29 is 31.5 Å². The number of nitrogens with one attached hydrogen (secondary N) is 1. The summed E-state index contributed by atoms with van der Waals surface area (Å²) >= 11 is 0. The summed E-state index contributed by atoms with van der Waals surface area (Å²) in [5.41, 5.74) is 6.38. The first-order valence-corrected chi connectivity index (χ1v) is 15.8. The Morgan fingerprint density at radius 1 is 1.02 bits per heavy atom. The Morgan fingerprint density at radius 3 is 2.24 bits per heavy atom. The summed E-state index contributed by atoms with van der Waals surface area (Å²) in [4.78, 5) is 20.5. The fourth-order valence-corrected chi connectivity index (χ4v) is 6.85. The summed E-state index contributed by atoms with van der Waals surface area (Å²) in [6, 6.07) is 26.6. The minimum atomic E-state index is -5.08. The summed E-state index contributed by atoms with van der Waals surface area (Å²) in [6.45, 7) is 2.01. The molecule has 5 rings (SSSR count). The standard InChI is InChI=1S/C30H35N5O2S.C2HF3O2/c1-33(2)15-16-38(36,37)35-20-27-18-26(25-11-7-4-8-12-25)13-14-30(27)34(21-28-19-31-23-32-28)22-29(35)17-24-9-5-3-6-10-24;3-2(4,5)1(6)7/h3-14,18-19,23,29H,15-17,20-22H2,1-2H3,(H,31,32);(H,6,7)/t29-;/m1./s1. The second-order valence-corrected chi connectivity index (χ2v) is 13.0. The molecule has 0 aliphatic carbocycles. The molecule has 0 bridgehead atoms. The first kappa shape index (κ1) is 33.7. The number of carboxylic acid groups (broad SMARTS) is 1. The Bertz CT molecular complexity index is 1630. The highest BCUT2D eigenvalue weighted by atomic mass is 32.2. The third kappa shape index (κ3) is 9.40. The number of sulfonamides is 1. The Labute approximate surface area is 261 Å². The van der Waals surface area contributed by atoms with Crippen molar-refractivity contribution >= 4 is 21.7 Å². The van der Waals surface area contributed by atoms with Gasteiger partial charge in [-0.3, -0.25) is 0 Å². The van der Waals surface area contributed by atoms with E-state index in [1.54, 1.807) is 10.6 Å². The molecular formula is C32H36F3N5O4S. The molecule has 45 heavy (non-hydrogen) atoms. The highest BCUT2D eigenvalue weighted by molar-refractivity contribution is 7.89. The molecule has 2 N–H and O–H groups in total. The predicted octanol–water partition coefficient (Wildman–Crippen LogP) is 5.03. The molecule has 3 aromatic carbocycles. The second kappa shape index (κ2) is 14.7. The van der Waals surface area contributed by atoms with Crippen LogP contribution in [0.3, 0.4) is 0 Å². The maximum Gasteiger partial charge on any atom is 0.490 e. The number of aromatic amines is 1. The molecule has 1 atom stereocenters. The summed E-state index contributed by atoms with van der Waals surface area (Å²) in [5, 5.41) is 7.12. The van der Waals surface area contributed by atoms with Crippen LogP contribution in [-0.4, -0.2) is 83.8 Å². The lowest BCUT2D eigenvalue weighted by molar-refractivity contribution is -0.192. The molecule has 2 heterocycles. The molecule has 0 unspecified atom stereocenters. The average Bonchev–Trinajstić information content (AvgIpc) is 3.46. The van der Waals surface area contributed by atoms with Gasteiger partial charge in [0.05, 0.1) is 24.3 Å². The normalized spacial score (nSPS) is 15.6. The summed E-state index contributed by atoms with van der Waals surface area (Å²) < 4.78 is 61.3. The number of hydrogen-bond donors (Lipinski definition) is 2. The van der Waals surface area contributed by atoms with E-state index in [0.717, 1.165) is 33.6 Å². The molecule has 0 fully saturated rings. The number of halogens is 3. The number of carboxylic acids is 1. The maximum atomic E-state index is 13.9. The monoisotopic (exact) mass is 643 g/mol. The predicted molar refractivity (Wildman–Crippen MR) is 167 cm³/mol. The van der Waals surface area contributed by atoms with Crippen molar-refractivity contribution in [2.75, 3.05) is 37.8 Å². The van der Waals surface area contributed by atoms with Gasteiger partial charge in [0.1, 0.15) is 0 Å². The van der Waals surface area contributed by atoms with Crippen molar-refractivity contribution in [2.24, 2.45) is 0 Å². The molecule has 1 aliphatic heterocycles. The summed E-state index contributed by atoms with van der Waals surface area (Å²) in [7, 11) is 0.288. The van der Waals surface area contributed by atoms with Crippen molar-refractivity contribution in [1.29, 1.82) is 0 Å². The molecule has 1 aromatic heterocycles. The lowest BCUT2D eigenvalue weighted by atomic mass is 10.0. The van der Waals surface area contributed by atoms with Crippen LogP contribution in [-0.2, 0) is 34.3 Å². The number of nitrogens with zero attached hydrogens (tertiary/aromatic N) is 4. The first-order valence-electron chi connectivity index (χ1n) is 14.2. The first-order chi connectivity index (χ1) is 21.3. The molecule has 13 heteroatoms. The van der Waals surface area contributed by atoms with E-state index in [2.05, 4.69) is 57.3 Å². The summed E-state index contributed by atoms with van der Waals surface area (Å²) in [5.74, 6) is -2.67. The van der Waals surface area contributed by atoms with Gasteiger partial charge in [-0.2, -0.15) is 17.5 Å². The van der Waals surface area contributed by atoms with E-state index in [0.29, 0.717) is 32.6 Å². The van der Waals surface area contributed by atoms with Crippen LogP contribution < -0.4 is 4.90 Å². The van der Waals surface area contributed by atoms with Crippen LogP contribution in [0.4, 0.5) is 18.9 Å². The third-order valence-corrected chi connectivity index (χ3v) is 9.16. The van der Waals surface area contributed by atoms with Gasteiger partial charge in [-0.1, -0.05) is 66.7 Å². The van der Waals surface area contributed by atoms with Gasteiger partial charge in [0.15, 0.2) is 0 Å². The quantitative estimate of drug-likeness (QED) is 0.263. The number of hydrogen-bond acceptors (Lipinski definition) is 6. The number of aliphatic carboxylic acids is 1. The highest BCUT2D eigenvalue weighted by Crippen LogP contribution is 2.34. The number of carbonyl (C=O) groups is 1. The molecule has 0 saturated heterocycles. The van der Waals surface area contributed by atoms with Crippen molar-refractivity contribution in [2.45, 2.75) is 31.7 Å². The van der Waals surface area contributed by atoms with Gasteiger partial charge in [0.2, 0.25) is 10.0 Å². The molecule has 240 valence electrons. The van der Waals surface area contributed by atoms with Crippen molar-refractivity contribution in [1.82, 2.24) is 19.2 Å². The van der Waals surface area contributed by atoms with Crippen LogP contribution in [0, 0.1) is 0 Å². The van der Waals surface area contributed by atoms with Crippen molar-refractivity contribution in [3.8, 4) is 11.1 Å². The lowest BCUT2D eigenvalue weighted by Crippen LogP contribution is -2.47. The fourth-order valence-electron chi connectivity index (χ4n) is 5.09. The second-order valence-electron chi connectivity index (χ2n) is 11.0. The molecule has 1 aliphatic rings. The molecule has 0 radical (unpaired) electrons. The van der Waals surface area contributed by atoms with Gasteiger partial charge < -0.3 is 19.9 Å². The number of anilines is 1. The number of H-pyrrole nitrogens is 1.